The molecule has 0 aliphatic rings. The first-order valence-electron chi connectivity index (χ1n) is 4.91. The Hall–Kier alpha value is -1.61. The number of hydrogen-bond acceptors (Lipinski definition) is 3. The van der Waals surface area contributed by atoms with E-state index in [4.69, 9.17) is 16.3 Å². The molecule has 0 fully saturated rings. The zero-order valence-electron chi connectivity index (χ0n) is 8.85. The predicted molar refractivity (Wildman–Crippen MR) is 62.6 cm³/mol. The summed E-state index contributed by atoms with van der Waals surface area (Å²) in [6, 6.07) is 9.89. The van der Waals surface area contributed by atoms with Gasteiger partial charge < -0.3 is 4.74 Å². The van der Waals surface area contributed by atoms with Gasteiger partial charge in [0.15, 0.2) is 10.9 Å². The summed E-state index contributed by atoms with van der Waals surface area (Å²) in [4.78, 5) is 7.91. The van der Waals surface area contributed by atoms with Crippen molar-refractivity contribution in [3.8, 4) is 5.75 Å². The summed E-state index contributed by atoms with van der Waals surface area (Å²) in [7, 11) is 0. The van der Waals surface area contributed by atoms with E-state index < -0.39 is 0 Å². The second-order valence-corrected chi connectivity index (χ2v) is 3.71. The Balaban J connectivity index is 2.11. The van der Waals surface area contributed by atoms with Crippen LogP contribution < -0.4 is 4.74 Å². The van der Waals surface area contributed by atoms with Crippen molar-refractivity contribution < 1.29 is 4.74 Å². The lowest BCUT2D eigenvalue weighted by Gasteiger charge is -2.08. The van der Waals surface area contributed by atoms with Crippen LogP contribution in [0.2, 0.25) is 5.15 Å². The number of aromatic nitrogens is 2. The molecule has 2 aromatic rings. The van der Waals surface area contributed by atoms with Gasteiger partial charge in [0, 0.05) is 0 Å². The third-order valence-corrected chi connectivity index (χ3v) is 2.43. The summed E-state index contributed by atoms with van der Waals surface area (Å²) in [6.45, 7) is 2.31. The molecule has 1 aromatic carbocycles. The highest BCUT2D eigenvalue weighted by atomic mass is 35.5. The monoisotopic (exact) mass is 234 g/mol. The summed E-state index contributed by atoms with van der Waals surface area (Å²) in [6.07, 6.45) is 1.42. The van der Waals surface area contributed by atoms with E-state index in [1.54, 1.807) is 0 Å². The highest BCUT2D eigenvalue weighted by molar-refractivity contribution is 6.30. The Bertz CT molecular complexity index is 453. The first kappa shape index (κ1) is 10.9. The average molecular weight is 235 g/mol. The normalized spacial score (nSPS) is 10.1. The standard InChI is InChI=1S/C12H11ClN2O/c1-9-11(12(13)15-8-14-9)16-7-10-5-3-2-4-6-10/h2-6,8H,7H2,1H3. The van der Waals surface area contributed by atoms with E-state index in [9.17, 15) is 0 Å². The van der Waals surface area contributed by atoms with E-state index in [1.165, 1.54) is 6.33 Å². The van der Waals surface area contributed by atoms with Crippen LogP contribution in [-0.2, 0) is 6.61 Å². The van der Waals surface area contributed by atoms with Crippen LogP contribution >= 0.6 is 11.6 Å². The van der Waals surface area contributed by atoms with Crippen molar-refractivity contribution in [3.05, 3.63) is 53.1 Å². The lowest BCUT2D eigenvalue weighted by Crippen LogP contribution is -1.99. The van der Waals surface area contributed by atoms with Crippen molar-refractivity contribution in [2.45, 2.75) is 13.5 Å². The summed E-state index contributed by atoms with van der Waals surface area (Å²) >= 11 is 5.92. The summed E-state index contributed by atoms with van der Waals surface area (Å²) in [5.41, 5.74) is 1.83. The number of hydrogen-bond donors (Lipinski definition) is 0. The zero-order chi connectivity index (χ0) is 11.4. The van der Waals surface area contributed by atoms with Crippen molar-refractivity contribution in [2.24, 2.45) is 0 Å². The van der Waals surface area contributed by atoms with Crippen LogP contribution in [0.15, 0.2) is 36.7 Å². The second-order valence-electron chi connectivity index (χ2n) is 3.35. The van der Waals surface area contributed by atoms with Crippen molar-refractivity contribution >= 4 is 11.6 Å². The maximum Gasteiger partial charge on any atom is 0.178 e. The molecule has 4 heteroatoms. The largest absolute Gasteiger partial charge is 0.484 e. The van der Waals surface area contributed by atoms with E-state index in [2.05, 4.69) is 9.97 Å². The van der Waals surface area contributed by atoms with Crippen LogP contribution in [0.1, 0.15) is 11.3 Å². The number of ether oxygens (including phenoxy) is 1. The summed E-state index contributed by atoms with van der Waals surface area (Å²) < 4.78 is 5.60. The minimum Gasteiger partial charge on any atom is -0.484 e. The molecule has 0 aliphatic heterocycles. The van der Waals surface area contributed by atoms with E-state index in [0.717, 1.165) is 11.3 Å². The van der Waals surface area contributed by atoms with Gasteiger partial charge in [-0.3, -0.25) is 0 Å². The van der Waals surface area contributed by atoms with Crippen molar-refractivity contribution in [3.63, 3.8) is 0 Å². The number of halogens is 1. The van der Waals surface area contributed by atoms with Gasteiger partial charge in [-0.15, -0.1) is 0 Å². The quantitative estimate of drug-likeness (QED) is 0.766. The smallest absolute Gasteiger partial charge is 0.178 e. The molecule has 0 spiro atoms. The zero-order valence-corrected chi connectivity index (χ0v) is 9.61. The van der Waals surface area contributed by atoms with Gasteiger partial charge in [-0.1, -0.05) is 41.9 Å². The highest BCUT2D eigenvalue weighted by Crippen LogP contribution is 2.24. The Labute approximate surface area is 99.1 Å². The molecule has 82 valence electrons. The summed E-state index contributed by atoms with van der Waals surface area (Å²) in [5, 5.41) is 0.350. The lowest BCUT2D eigenvalue weighted by molar-refractivity contribution is 0.301. The molecule has 0 aliphatic carbocycles. The van der Waals surface area contributed by atoms with Gasteiger partial charge in [0.1, 0.15) is 12.9 Å². The number of aryl methyl sites for hydroxylation is 1. The maximum atomic E-state index is 5.92. The molecule has 0 unspecified atom stereocenters. The summed E-state index contributed by atoms with van der Waals surface area (Å²) in [5.74, 6) is 0.549. The molecule has 1 aromatic heterocycles. The fraction of sp³-hybridized carbons (Fsp3) is 0.167. The first-order valence-corrected chi connectivity index (χ1v) is 5.29. The van der Waals surface area contributed by atoms with Crippen molar-refractivity contribution in [2.75, 3.05) is 0 Å². The molecule has 0 atom stereocenters. The average Bonchev–Trinajstić information content (AvgIpc) is 2.30. The van der Waals surface area contributed by atoms with E-state index in [-0.39, 0.29) is 0 Å². The van der Waals surface area contributed by atoms with Gasteiger partial charge in [0.25, 0.3) is 0 Å². The minimum atomic E-state index is 0.350. The predicted octanol–water partition coefficient (Wildman–Crippen LogP) is 3.02. The number of rotatable bonds is 3. The fourth-order valence-corrected chi connectivity index (χ4v) is 1.56. The number of benzene rings is 1. The van der Waals surface area contributed by atoms with Gasteiger partial charge in [-0.05, 0) is 12.5 Å². The third-order valence-electron chi connectivity index (χ3n) is 2.16. The van der Waals surface area contributed by atoms with Crippen LogP contribution in [-0.4, -0.2) is 9.97 Å². The van der Waals surface area contributed by atoms with Crippen LogP contribution in [0.5, 0.6) is 5.75 Å². The van der Waals surface area contributed by atoms with Crippen LogP contribution in [0.3, 0.4) is 0 Å². The van der Waals surface area contributed by atoms with Gasteiger partial charge in [0.05, 0.1) is 5.69 Å². The molecule has 0 bridgehead atoms. The minimum absolute atomic E-state index is 0.350. The second kappa shape index (κ2) is 4.94. The van der Waals surface area contributed by atoms with E-state index in [0.29, 0.717) is 17.5 Å². The van der Waals surface area contributed by atoms with Gasteiger partial charge >= 0.3 is 0 Å². The van der Waals surface area contributed by atoms with Crippen molar-refractivity contribution in [1.82, 2.24) is 9.97 Å². The maximum absolute atomic E-state index is 5.92. The van der Waals surface area contributed by atoms with E-state index >= 15 is 0 Å². The van der Waals surface area contributed by atoms with Gasteiger partial charge in [0.2, 0.25) is 0 Å². The Morgan fingerprint density at radius 3 is 2.62 bits per heavy atom. The lowest BCUT2D eigenvalue weighted by atomic mass is 10.2. The molecule has 1 heterocycles. The van der Waals surface area contributed by atoms with Gasteiger partial charge in [-0.25, -0.2) is 9.97 Å². The first-order chi connectivity index (χ1) is 7.77. The molecule has 0 amide bonds. The van der Waals surface area contributed by atoms with E-state index in [1.807, 2.05) is 37.3 Å². The van der Waals surface area contributed by atoms with Crippen LogP contribution in [0.25, 0.3) is 0 Å². The molecule has 2 rings (SSSR count). The number of nitrogens with zero attached hydrogens (tertiary/aromatic N) is 2. The van der Waals surface area contributed by atoms with Crippen LogP contribution in [0.4, 0.5) is 0 Å². The molecule has 16 heavy (non-hydrogen) atoms. The fourth-order valence-electron chi connectivity index (χ4n) is 1.33. The Morgan fingerprint density at radius 1 is 1.19 bits per heavy atom. The molecule has 0 saturated carbocycles. The van der Waals surface area contributed by atoms with Crippen molar-refractivity contribution in [1.29, 1.82) is 0 Å². The molecular weight excluding hydrogens is 224 g/mol. The Kier molecular flexibility index (Phi) is 3.37. The molecule has 0 radical (unpaired) electrons. The van der Waals surface area contributed by atoms with Gasteiger partial charge in [-0.2, -0.15) is 0 Å². The van der Waals surface area contributed by atoms with Crippen LogP contribution in [0, 0.1) is 6.92 Å². The molecule has 0 N–H and O–H groups in total. The highest BCUT2D eigenvalue weighted by Gasteiger charge is 2.07. The Morgan fingerprint density at radius 2 is 1.94 bits per heavy atom. The molecule has 3 nitrogen and oxygen atoms in total. The molecule has 0 saturated heterocycles. The third kappa shape index (κ3) is 2.49. The topological polar surface area (TPSA) is 35.0 Å². The SMILES string of the molecule is Cc1ncnc(Cl)c1OCc1ccccc1. The molecular formula is C12H11ClN2O.